The number of nitrogens with zero attached hydrogens (tertiary/aromatic N) is 4. The van der Waals surface area contributed by atoms with Gasteiger partial charge in [0.15, 0.2) is 0 Å². The number of aromatic nitrogens is 3. The lowest BCUT2D eigenvalue weighted by atomic mass is 9.90. The lowest BCUT2D eigenvalue weighted by Gasteiger charge is -2.34. The first-order valence-corrected chi connectivity index (χ1v) is 7.64. The molecule has 0 aliphatic carbocycles. The fourth-order valence-electron chi connectivity index (χ4n) is 3.14. The quantitative estimate of drug-likeness (QED) is 0.931. The van der Waals surface area contributed by atoms with Crippen LogP contribution in [0.5, 0.6) is 0 Å². The number of carbonyl (C=O) groups is 1. The first-order chi connectivity index (χ1) is 10.6. The van der Waals surface area contributed by atoms with Gasteiger partial charge in [-0.1, -0.05) is 0 Å². The normalized spacial score (nSPS) is 17.7. The highest BCUT2D eigenvalue weighted by molar-refractivity contribution is 5.92. The maximum atomic E-state index is 12.5. The highest BCUT2D eigenvalue weighted by Gasteiger charge is 2.30. The second kappa shape index (κ2) is 5.96. The van der Waals surface area contributed by atoms with Gasteiger partial charge in [0, 0.05) is 45.8 Å². The molecule has 0 saturated carbocycles. The largest absolute Gasteiger partial charge is 0.385 e. The molecule has 0 spiro atoms. The molecule has 0 bridgehead atoms. The molecule has 6 heteroatoms. The van der Waals surface area contributed by atoms with E-state index in [2.05, 4.69) is 4.98 Å². The maximum absolute atomic E-state index is 12.5. The van der Waals surface area contributed by atoms with Crippen molar-refractivity contribution in [3.05, 3.63) is 42.2 Å². The third-order valence-electron chi connectivity index (χ3n) is 4.56. The van der Waals surface area contributed by atoms with Gasteiger partial charge >= 0.3 is 0 Å². The van der Waals surface area contributed by atoms with Crippen molar-refractivity contribution in [2.24, 2.45) is 20.0 Å². The predicted octanol–water partition coefficient (Wildman–Crippen LogP) is 1.34. The zero-order chi connectivity index (χ0) is 15.7. The molecule has 3 heterocycles. The van der Waals surface area contributed by atoms with E-state index in [1.165, 1.54) is 0 Å². The van der Waals surface area contributed by atoms with Gasteiger partial charge < -0.3 is 19.1 Å². The van der Waals surface area contributed by atoms with Crippen LogP contribution in [0.3, 0.4) is 0 Å². The minimum atomic E-state index is -0.563. The first kappa shape index (κ1) is 14.8. The number of carbonyl (C=O) groups excluding carboxylic acids is 1. The Bertz CT molecular complexity index is 653. The molecule has 0 aromatic carbocycles. The van der Waals surface area contributed by atoms with Crippen LogP contribution >= 0.6 is 0 Å². The van der Waals surface area contributed by atoms with Gasteiger partial charge in [0.05, 0.1) is 0 Å². The van der Waals surface area contributed by atoms with Crippen LogP contribution in [0.4, 0.5) is 0 Å². The highest BCUT2D eigenvalue weighted by atomic mass is 16.3. The molecule has 2 aromatic rings. The van der Waals surface area contributed by atoms with Crippen molar-refractivity contribution in [3.63, 3.8) is 0 Å². The fourth-order valence-corrected chi connectivity index (χ4v) is 3.14. The van der Waals surface area contributed by atoms with Gasteiger partial charge in [0.2, 0.25) is 0 Å². The molecular formula is C16H22N4O2. The van der Waals surface area contributed by atoms with Gasteiger partial charge in [0.1, 0.15) is 17.6 Å². The van der Waals surface area contributed by atoms with Crippen molar-refractivity contribution in [2.45, 2.75) is 18.9 Å². The summed E-state index contributed by atoms with van der Waals surface area (Å²) in [5, 5.41) is 10.5. The third-order valence-corrected chi connectivity index (χ3v) is 4.56. The van der Waals surface area contributed by atoms with Gasteiger partial charge in [-0.2, -0.15) is 0 Å². The Kier molecular flexibility index (Phi) is 4.02. The molecule has 118 valence electrons. The lowest BCUT2D eigenvalue weighted by molar-refractivity contribution is 0.0415. The van der Waals surface area contributed by atoms with Crippen LogP contribution in [0.25, 0.3) is 0 Å². The molecular weight excluding hydrogens is 280 g/mol. The molecule has 2 aromatic heterocycles. The van der Waals surface area contributed by atoms with Crippen molar-refractivity contribution in [3.8, 4) is 0 Å². The molecule has 1 unspecified atom stereocenters. The average Bonchev–Trinajstić information content (AvgIpc) is 3.14. The molecule has 0 radical (unpaired) electrons. The maximum Gasteiger partial charge on any atom is 0.270 e. The Hall–Kier alpha value is -2.08. The monoisotopic (exact) mass is 302 g/mol. The summed E-state index contributed by atoms with van der Waals surface area (Å²) in [6, 6.07) is 3.72. The number of imidazole rings is 1. The van der Waals surface area contributed by atoms with Crippen LogP contribution in [-0.4, -0.2) is 43.1 Å². The Balaban J connectivity index is 1.62. The molecule has 1 aliphatic heterocycles. The third kappa shape index (κ3) is 2.66. The van der Waals surface area contributed by atoms with Crippen molar-refractivity contribution >= 4 is 5.91 Å². The first-order valence-electron chi connectivity index (χ1n) is 7.64. The fraction of sp³-hybridized carbons (Fsp3) is 0.500. The zero-order valence-electron chi connectivity index (χ0n) is 13.0. The highest BCUT2D eigenvalue weighted by Crippen LogP contribution is 2.30. The summed E-state index contributed by atoms with van der Waals surface area (Å²) in [7, 11) is 3.77. The second-order valence-electron chi connectivity index (χ2n) is 5.98. The van der Waals surface area contributed by atoms with E-state index in [0.29, 0.717) is 24.6 Å². The summed E-state index contributed by atoms with van der Waals surface area (Å²) in [6.07, 6.45) is 6.45. The average molecular weight is 302 g/mol. The van der Waals surface area contributed by atoms with Crippen molar-refractivity contribution in [1.29, 1.82) is 0 Å². The van der Waals surface area contributed by atoms with Crippen LogP contribution in [0.1, 0.15) is 35.3 Å². The summed E-state index contributed by atoms with van der Waals surface area (Å²) >= 11 is 0. The number of aryl methyl sites for hydroxylation is 2. The number of hydrogen-bond donors (Lipinski definition) is 1. The Morgan fingerprint density at radius 2 is 2.00 bits per heavy atom. The number of likely N-dealkylation sites (tertiary alicyclic amines) is 1. The van der Waals surface area contributed by atoms with E-state index in [4.69, 9.17) is 0 Å². The van der Waals surface area contributed by atoms with Gasteiger partial charge in [-0.05, 0) is 30.9 Å². The molecule has 1 fully saturated rings. The van der Waals surface area contributed by atoms with Gasteiger partial charge in [-0.25, -0.2) is 4.98 Å². The van der Waals surface area contributed by atoms with Crippen LogP contribution in [0, 0.1) is 5.92 Å². The van der Waals surface area contributed by atoms with E-state index in [1.807, 2.05) is 52.7 Å². The smallest absolute Gasteiger partial charge is 0.270 e. The number of amides is 1. The number of aliphatic hydroxyl groups is 1. The van der Waals surface area contributed by atoms with Crippen LogP contribution in [-0.2, 0) is 14.1 Å². The number of rotatable bonds is 3. The topological polar surface area (TPSA) is 63.3 Å². The molecule has 1 aliphatic rings. The molecule has 6 nitrogen and oxygen atoms in total. The minimum absolute atomic E-state index is 0.0671. The summed E-state index contributed by atoms with van der Waals surface area (Å²) in [4.78, 5) is 18.6. The van der Waals surface area contributed by atoms with E-state index < -0.39 is 6.10 Å². The second-order valence-corrected chi connectivity index (χ2v) is 5.98. The van der Waals surface area contributed by atoms with Crippen molar-refractivity contribution < 1.29 is 9.90 Å². The SMILES string of the molecule is Cn1cccc1C(=O)N1CCC(C(O)c2nccn2C)CC1. The summed E-state index contributed by atoms with van der Waals surface area (Å²) in [5.41, 5.74) is 0.711. The van der Waals surface area contributed by atoms with E-state index in [0.717, 1.165) is 12.8 Å². The molecule has 1 amide bonds. The zero-order valence-corrected chi connectivity index (χ0v) is 13.0. The minimum Gasteiger partial charge on any atom is -0.385 e. The standard InChI is InChI=1S/C16H22N4O2/c1-18-8-3-4-13(18)16(22)20-9-5-12(6-10-20)14(21)15-17-7-11-19(15)2/h3-4,7-8,11-12,14,21H,5-6,9-10H2,1-2H3. The summed E-state index contributed by atoms with van der Waals surface area (Å²) < 4.78 is 3.70. The van der Waals surface area contributed by atoms with Gasteiger partial charge in [-0.15, -0.1) is 0 Å². The molecule has 22 heavy (non-hydrogen) atoms. The van der Waals surface area contributed by atoms with E-state index >= 15 is 0 Å². The van der Waals surface area contributed by atoms with Crippen molar-refractivity contribution in [1.82, 2.24) is 19.0 Å². The van der Waals surface area contributed by atoms with Crippen LogP contribution < -0.4 is 0 Å². The van der Waals surface area contributed by atoms with E-state index in [-0.39, 0.29) is 11.8 Å². The summed E-state index contributed by atoms with van der Waals surface area (Å²) in [5.74, 6) is 0.920. The van der Waals surface area contributed by atoms with Gasteiger partial charge in [0.25, 0.3) is 5.91 Å². The van der Waals surface area contributed by atoms with E-state index in [9.17, 15) is 9.90 Å². The number of aliphatic hydroxyl groups excluding tert-OH is 1. The van der Waals surface area contributed by atoms with Crippen LogP contribution in [0.2, 0.25) is 0 Å². The Morgan fingerprint density at radius 3 is 2.55 bits per heavy atom. The predicted molar refractivity (Wildman–Crippen MR) is 82.2 cm³/mol. The van der Waals surface area contributed by atoms with Crippen LogP contribution in [0.15, 0.2) is 30.7 Å². The molecule has 1 saturated heterocycles. The Morgan fingerprint density at radius 1 is 1.27 bits per heavy atom. The van der Waals surface area contributed by atoms with Crippen molar-refractivity contribution in [2.75, 3.05) is 13.1 Å². The molecule has 1 atom stereocenters. The molecule has 1 N–H and O–H groups in total. The molecule has 3 rings (SSSR count). The number of piperidine rings is 1. The lowest BCUT2D eigenvalue weighted by Crippen LogP contribution is -2.40. The van der Waals surface area contributed by atoms with E-state index in [1.54, 1.807) is 6.20 Å². The van der Waals surface area contributed by atoms with Gasteiger partial charge in [-0.3, -0.25) is 4.79 Å². The number of hydrogen-bond acceptors (Lipinski definition) is 3. The Labute approximate surface area is 130 Å². The summed E-state index contributed by atoms with van der Waals surface area (Å²) in [6.45, 7) is 1.35.